The minimum Gasteiger partial charge on any atom is -0.480 e. The van der Waals surface area contributed by atoms with E-state index in [4.69, 9.17) is 5.11 Å². The van der Waals surface area contributed by atoms with Gasteiger partial charge in [-0.2, -0.15) is 0 Å². The monoisotopic (exact) mass is 142 g/mol. The van der Waals surface area contributed by atoms with Crippen molar-refractivity contribution in [2.45, 2.75) is 19.1 Å². The Bertz CT molecular complexity index is 167. The molecule has 1 rings (SSSR count). The van der Waals surface area contributed by atoms with Crippen molar-refractivity contribution in [2.24, 2.45) is 0 Å². The van der Waals surface area contributed by atoms with Crippen molar-refractivity contribution in [3.63, 3.8) is 0 Å². The smallest absolute Gasteiger partial charge is 0.324 e. The SMILES string of the molecule is CC1NC=CC(C(=O)O)N1. The second-order valence-corrected chi connectivity index (χ2v) is 2.23. The minimum atomic E-state index is -0.843. The summed E-state index contributed by atoms with van der Waals surface area (Å²) in [4.78, 5) is 10.4. The fourth-order valence-electron chi connectivity index (χ4n) is 0.823. The number of hydrogen-bond donors (Lipinski definition) is 3. The number of nitrogens with one attached hydrogen (secondary N) is 2. The van der Waals surface area contributed by atoms with Gasteiger partial charge in [-0.1, -0.05) is 0 Å². The lowest BCUT2D eigenvalue weighted by atomic mass is 10.2. The molecule has 1 heterocycles. The maximum Gasteiger partial charge on any atom is 0.324 e. The second-order valence-electron chi connectivity index (χ2n) is 2.23. The highest BCUT2D eigenvalue weighted by Crippen LogP contribution is 1.93. The van der Waals surface area contributed by atoms with Crippen LogP contribution in [0.25, 0.3) is 0 Å². The van der Waals surface area contributed by atoms with E-state index >= 15 is 0 Å². The van der Waals surface area contributed by atoms with E-state index in [0.29, 0.717) is 0 Å². The van der Waals surface area contributed by atoms with Crippen LogP contribution in [0.2, 0.25) is 0 Å². The van der Waals surface area contributed by atoms with Crippen molar-refractivity contribution >= 4 is 5.97 Å². The van der Waals surface area contributed by atoms with Crippen LogP contribution in [-0.2, 0) is 4.79 Å². The third-order valence-electron chi connectivity index (χ3n) is 1.33. The van der Waals surface area contributed by atoms with Gasteiger partial charge >= 0.3 is 5.97 Å². The van der Waals surface area contributed by atoms with E-state index in [0.717, 1.165) is 0 Å². The summed E-state index contributed by atoms with van der Waals surface area (Å²) in [7, 11) is 0. The Balaban J connectivity index is 2.55. The van der Waals surface area contributed by atoms with Crippen molar-refractivity contribution in [1.29, 1.82) is 0 Å². The van der Waals surface area contributed by atoms with Gasteiger partial charge in [-0.3, -0.25) is 10.1 Å². The summed E-state index contributed by atoms with van der Waals surface area (Å²) >= 11 is 0. The molecule has 1 aliphatic rings. The van der Waals surface area contributed by atoms with Gasteiger partial charge in [0, 0.05) is 0 Å². The number of aliphatic carboxylic acids is 1. The largest absolute Gasteiger partial charge is 0.480 e. The zero-order valence-electron chi connectivity index (χ0n) is 5.66. The van der Waals surface area contributed by atoms with E-state index in [1.165, 1.54) is 0 Å². The summed E-state index contributed by atoms with van der Waals surface area (Å²) in [5, 5.41) is 14.2. The highest BCUT2D eigenvalue weighted by molar-refractivity contribution is 5.76. The van der Waals surface area contributed by atoms with Crippen LogP contribution < -0.4 is 10.6 Å². The Morgan fingerprint density at radius 3 is 2.80 bits per heavy atom. The average Bonchev–Trinajstić information content (AvgIpc) is 1.88. The highest BCUT2D eigenvalue weighted by atomic mass is 16.4. The molecular formula is C6H10N2O2. The van der Waals surface area contributed by atoms with Gasteiger partial charge in [-0.25, -0.2) is 0 Å². The molecule has 2 unspecified atom stereocenters. The summed E-state index contributed by atoms with van der Waals surface area (Å²) in [6, 6.07) is -0.545. The van der Waals surface area contributed by atoms with Gasteiger partial charge in [0.05, 0.1) is 6.17 Å². The Hall–Kier alpha value is -1.03. The van der Waals surface area contributed by atoms with Crippen LogP contribution >= 0.6 is 0 Å². The third-order valence-corrected chi connectivity index (χ3v) is 1.33. The topological polar surface area (TPSA) is 61.4 Å². The summed E-state index contributed by atoms with van der Waals surface area (Å²) in [5.41, 5.74) is 0. The van der Waals surface area contributed by atoms with Gasteiger partial charge in [0.15, 0.2) is 0 Å². The molecule has 3 N–H and O–H groups in total. The Kier molecular flexibility index (Phi) is 1.91. The van der Waals surface area contributed by atoms with Gasteiger partial charge in [0.2, 0.25) is 0 Å². The van der Waals surface area contributed by atoms with Crippen molar-refractivity contribution in [3.05, 3.63) is 12.3 Å². The molecule has 0 saturated heterocycles. The zero-order chi connectivity index (χ0) is 7.56. The van der Waals surface area contributed by atoms with Gasteiger partial charge in [0.1, 0.15) is 6.04 Å². The van der Waals surface area contributed by atoms with Gasteiger partial charge < -0.3 is 10.4 Å². The fraction of sp³-hybridized carbons (Fsp3) is 0.500. The first-order valence-electron chi connectivity index (χ1n) is 3.12. The summed E-state index contributed by atoms with van der Waals surface area (Å²) in [5.74, 6) is -0.843. The van der Waals surface area contributed by atoms with Crippen molar-refractivity contribution in [1.82, 2.24) is 10.6 Å². The molecule has 0 fully saturated rings. The molecule has 0 aromatic heterocycles. The van der Waals surface area contributed by atoms with Gasteiger partial charge in [-0.15, -0.1) is 0 Å². The summed E-state index contributed by atoms with van der Waals surface area (Å²) < 4.78 is 0. The van der Waals surface area contributed by atoms with E-state index in [2.05, 4.69) is 10.6 Å². The average molecular weight is 142 g/mol. The first kappa shape index (κ1) is 7.08. The van der Waals surface area contributed by atoms with Crippen LogP contribution in [-0.4, -0.2) is 23.3 Å². The van der Waals surface area contributed by atoms with E-state index < -0.39 is 12.0 Å². The van der Waals surface area contributed by atoms with Crippen LogP contribution in [0.15, 0.2) is 12.3 Å². The number of carboxylic acid groups (broad SMARTS) is 1. The minimum absolute atomic E-state index is 0.0334. The zero-order valence-corrected chi connectivity index (χ0v) is 5.66. The van der Waals surface area contributed by atoms with E-state index in [1.54, 1.807) is 12.3 Å². The molecule has 0 aromatic rings. The molecule has 0 radical (unpaired) electrons. The van der Waals surface area contributed by atoms with Crippen LogP contribution in [0.3, 0.4) is 0 Å². The highest BCUT2D eigenvalue weighted by Gasteiger charge is 2.17. The Morgan fingerprint density at radius 1 is 1.70 bits per heavy atom. The van der Waals surface area contributed by atoms with E-state index in [9.17, 15) is 4.79 Å². The molecule has 4 heteroatoms. The number of hydrogen-bond acceptors (Lipinski definition) is 3. The summed E-state index contributed by atoms with van der Waals surface area (Å²) in [6.07, 6.45) is 3.26. The molecule has 0 aromatic carbocycles. The van der Waals surface area contributed by atoms with Crippen LogP contribution in [0.4, 0.5) is 0 Å². The quantitative estimate of drug-likeness (QED) is 0.461. The number of carbonyl (C=O) groups is 1. The lowest BCUT2D eigenvalue weighted by Crippen LogP contribution is -2.49. The molecule has 0 saturated carbocycles. The maximum absolute atomic E-state index is 10.4. The second kappa shape index (κ2) is 2.70. The normalized spacial score (nSPS) is 31.3. The van der Waals surface area contributed by atoms with Crippen molar-refractivity contribution < 1.29 is 9.90 Å². The van der Waals surface area contributed by atoms with Crippen LogP contribution in [0.1, 0.15) is 6.92 Å². The molecule has 0 spiro atoms. The molecule has 56 valence electrons. The molecule has 10 heavy (non-hydrogen) atoms. The molecule has 2 atom stereocenters. The van der Waals surface area contributed by atoms with Crippen LogP contribution in [0.5, 0.6) is 0 Å². The predicted octanol–water partition coefficient (Wildman–Crippen LogP) is -0.508. The van der Waals surface area contributed by atoms with E-state index in [1.807, 2.05) is 6.92 Å². The fourth-order valence-corrected chi connectivity index (χ4v) is 0.823. The first-order valence-corrected chi connectivity index (χ1v) is 3.12. The standard InChI is InChI=1S/C6H10N2O2/c1-4-7-3-2-5(8-4)6(9)10/h2-5,7-8H,1H3,(H,9,10). The van der Waals surface area contributed by atoms with Gasteiger partial charge in [-0.05, 0) is 19.2 Å². The molecule has 0 aliphatic carbocycles. The molecule has 0 bridgehead atoms. The molecular weight excluding hydrogens is 132 g/mol. The van der Waals surface area contributed by atoms with Crippen molar-refractivity contribution in [3.8, 4) is 0 Å². The van der Waals surface area contributed by atoms with Gasteiger partial charge in [0.25, 0.3) is 0 Å². The Labute approximate surface area is 58.9 Å². The Morgan fingerprint density at radius 2 is 2.40 bits per heavy atom. The predicted molar refractivity (Wildman–Crippen MR) is 36.3 cm³/mol. The summed E-state index contributed by atoms with van der Waals surface area (Å²) in [6.45, 7) is 1.86. The van der Waals surface area contributed by atoms with Crippen LogP contribution in [0, 0.1) is 0 Å². The lowest BCUT2D eigenvalue weighted by molar-refractivity contribution is -0.138. The number of rotatable bonds is 1. The maximum atomic E-state index is 10.4. The van der Waals surface area contributed by atoms with E-state index in [-0.39, 0.29) is 6.17 Å². The first-order chi connectivity index (χ1) is 4.70. The lowest BCUT2D eigenvalue weighted by Gasteiger charge is -2.22. The third kappa shape index (κ3) is 1.48. The molecule has 1 aliphatic heterocycles. The molecule has 0 amide bonds. The number of carboxylic acids is 1. The van der Waals surface area contributed by atoms with Crippen molar-refractivity contribution in [2.75, 3.05) is 0 Å². The molecule has 4 nitrogen and oxygen atoms in total.